The molecule has 0 spiro atoms. The van der Waals surface area contributed by atoms with Crippen LogP contribution in [-0.2, 0) is 0 Å². The molecule has 0 heterocycles. The Labute approximate surface area is 105 Å². The Balaban J connectivity index is 2.04. The van der Waals surface area contributed by atoms with E-state index < -0.39 is 0 Å². The topological polar surface area (TPSA) is 20.2 Å². The largest absolute Gasteiger partial charge is 0.389 e. The average Bonchev–Trinajstić information content (AvgIpc) is 2.29. The van der Waals surface area contributed by atoms with E-state index in [2.05, 4.69) is 38.1 Å². The molecule has 1 heteroatoms. The van der Waals surface area contributed by atoms with Crippen LogP contribution < -0.4 is 0 Å². The Morgan fingerprint density at radius 3 is 2.12 bits per heavy atom. The van der Waals surface area contributed by atoms with Gasteiger partial charge in [0.1, 0.15) is 0 Å². The van der Waals surface area contributed by atoms with E-state index >= 15 is 0 Å². The maximum absolute atomic E-state index is 9.49. The molecule has 1 fully saturated rings. The SMILES string of the molecule is CC(O)c1ccc(C2CCC(C)(C)CC2)cc1. The molecule has 1 aliphatic rings. The number of hydrogen-bond acceptors (Lipinski definition) is 1. The molecule has 2 rings (SSSR count). The van der Waals surface area contributed by atoms with Crippen molar-refractivity contribution in [2.75, 3.05) is 0 Å². The Hall–Kier alpha value is -0.820. The summed E-state index contributed by atoms with van der Waals surface area (Å²) in [5, 5.41) is 9.49. The first-order chi connectivity index (χ1) is 7.98. The smallest absolute Gasteiger partial charge is 0.0761 e. The maximum atomic E-state index is 9.49. The van der Waals surface area contributed by atoms with Crippen LogP contribution in [0.5, 0.6) is 0 Å². The van der Waals surface area contributed by atoms with Crippen LogP contribution in [0.4, 0.5) is 0 Å². The molecule has 1 aromatic carbocycles. The van der Waals surface area contributed by atoms with Crippen LogP contribution >= 0.6 is 0 Å². The van der Waals surface area contributed by atoms with E-state index in [0.717, 1.165) is 11.5 Å². The normalized spacial score (nSPS) is 22.4. The summed E-state index contributed by atoms with van der Waals surface area (Å²) in [5.74, 6) is 0.728. The van der Waals surface area contributed by atoms with Crippen LogP contribution in [-0.4, -0.2) is 5.11 Å². The average molecular weight is 232 g/mol. The number of hydrogen-bond donors (Lipinski definition) is 1. The van der Waals surface area contributed by atoms with E-state index in [-0.39, 0.29) is 6.10 Å². The summed E-state index contributed by atoms with van der Waals surface area (Å²) in [6, 6.07) is 8.54. The molecule has 1 atom stereocenters. The van der Waals surface area contributed by atoms with E-state index in [1.54, 1.807) is 0 Å². The number of benzene rings is 1. The molecule has 1 saturated carbocycles. The lowest BCUT2D eigenvalue weighted by Crippen LogP contribution is -2.20. The zero-order chi connectivity index (χ0) is 12.5. The third-order valence-electron chi connectivity index (χ3n) is 4.23. The fourth-order valence-corrected chi connectivity index (χ4v) is 2.78. The summed E-state index contributed by atoms with van der Waals surface area (Å²) < 4.78 is 0. The fraction of sp³-hybridized carbons (Fsp3) is 0.625. The second kappa shape index (κ2) is 4.81. The summed E-state index contributed by atoms with van der Waals surface area (Å²) in [6.07, 6.45) is 4.92. The van der Waals surface area contributed by atoms with Gasteiger partial charge in [0, 0.05) is 0 Å². The standard InChI is InChI=1S/C16H24O/c1-12(17)13-4-6-14(7-5-13)15-8-10-16(2,3)11-9-15/h4-7,12,15,17H,8-11H2,1-3H3. The zero-order valence-electron chi connectivity index (χ0n) is 11.2. The molecule has 17 heavy (non-hydrogen) atoms. The molecule has 0 amide bonds. The second-order valence-electron chi connectivity index (χ2n) is 6.28. The van der Waals surface area contributed by atoms with Crippen LogP contribution in [0, 0.1) is 5.41 Å². The molecule has 94 valence electrons. The molecule has 1 unspecified atom stereocenters. The van der Waals surface area contributed by atoms with Gasteiger partial charge in [0.05, 0.1) is 6.10 Å². The summed E-state index contributed by atoms with van der Waals surface area (Å²) >= 11 is 0. The molecule has 0 aliphatic heterocycles. The van der Waals surface area contributed by atoms with Gasteiger partial charge in [0.25, 0.3) is 0 Å². The van der Waals surface area contributed by atoms with Gasteiger partial charge in [-0.3, -0.25) is 0 Å². The predicted molar refractivity (Wildman–Crippen MR) is 72.1 cm³/mol. The highest BCUT2D eigenvalue weighted by molar-refractivity contribution is 5.26. The summed E-state index contributed by atoms with van der Waals surface area (Å²) in [5.41, 5.74) is 3.01. The Bertz CT molecular complexity index is 352. The molecule has 1 aliphatic carbocycles. The van der Waals surface area contributed by atoms with Gasteiger partial charge in [-0.15, -0.1) is 0 Å². The molecule has 0 aromatic heterocycles. The monoisotopic (exact) mass is 232 g/mol. The first-order valence-corrected chi connectivity index (χ1v) is 6.76. The predicted octanol–water partition coefficient (Wildman–Crippen LogP) is 4.42. The first kappa shape index (κ1) is 12.6. The van der Waals surface area contributed by atoms with Gasteiger partial charge in [-0.05, 0) is 55.1 Å². The maximum Gasteiger partial charge on any atom is 0.0761 e. The summed E-state index contributed by atoms with van der Waals surface area (Å²) in [6.45, 7) is 6.57. The lowest BCUT2D eigenvalue weighted by Gasteiger charge is -2.34. The van der Waals surface area contributed by atoms with Crippen molar-refractivity contribution >= 4 is 0 Å². The Morgan fingerprint density at radius 1 is 1.12 bits per heavy atom. The van der Waals surface area contributed by atoms with Gasteiger partial charge in [-0.1, -0.05) is 38.1 Å². The molecular formula is C16H24O. The minimum Gasteiger partial charge on any atom is -0.389 e. The highest BCUT2D eigenvalue weighted by Crippen LogP contribution is 2.42. The minimum atomic E-state index is -0.352. The van der Waals surface area contributed by atoms with Crippen LogP contribution in [0.1, 0.15) is 69.6 Å². The Kier molecular flexibility index (Phi) is 3.58. The van der Waals surface area contributed by atoms with Gasteiger partial charge in [0.2, 0.25) is 0 Å². The Morgan fingerprint density at radius 2 is 1.65 bits per heavy atom. The van der Waals surface area contributed by atoms with Crippen LogP contribution in [0.25, 0.3) is 0 Å². The van der Waals surface area contributed by atoms with Crippen molar-refractivity contribution in [2.24, 2.45) is 5.41 Å². The van der Waals surface area contributed by atoms with Crippen molar-refractivity contribution < 1.29 is 5.11 Å². The van der Waals surface area contributed by atoms with E-state index in [9.17, 15) is 5.11 Å². The van der Waals surface area contributed by atoms with Crippen molar-refractivity contribution in [3.8, 4) is 0 Å². The van der Waals surface area contributed by atoms with E-state index in [1.165, 1.54) is 31.2 Å². The van der Waals surface area contributed by atoms with Gasteiger partial charge in [0.15, 0.2) is 0 Å². The van der Waals surface area contributed by atoms with Crippen molar-refractivity contribution in [2.45, 2.75) is 58.5 Å². The van der Waals surface area contributed by atoms with Crippen molar-refractivity contribution in [1.82, 2.24) is 0 Å². The van der Waals surface area contributed by atoms with Crippen molar-refractivity contribution in [3.05, 3.63) is 35.4 Å². The third kappa shape index (κ3) is 3.10. The summed E-state index contributed by atoms with van der Waals surface area (Å²) in [7, 11) is 0. The third-order valence-corrected chi connectivity index (χ3v) is 4.23. The molecule has 0 saturated heterocycles. The fourth-order valence-electron chi connectivity index (χ4n) is 2.78. The van der Waals surface area contributed by atoms with Gasteiger partial charge in [-0.25, -0.2) is 0 Å². The van der Waals surface area contributed by atoms with Crippen molar-refractivity contribution in [3.63, 3.8) is 0 Å². The molecular weight excluding hydrogens is 208 g/mol. The van der Waals surface area contributed by atoms with Crippen LogP contribution in [0.15, 0.2) is 24.3 Å². The van der Waals surface area contributed by atoms with Crippen LogP contribution in [0.2, 0.25) is 0 Å². The lowest BCUT2D eigenvalue weighted by molar-refractivity contribution is 0.199. The molecule has 0 bridgehead atoms. The minimum absolute atomic E-state index is 0.352. The highest BCUT2D eigenvalue weighted by atomic mass is 16.3. The highest BCUT2D eigenvalue weighted by Gasteiger charge is 2.27. The van der Waals surface area contributed by atoms with E-state index in [4.69, 9.17) is 0 Å². The van der Waals surface area contributed by atoms with E-state index in [0.29, 0.717) is 5.41 Å². The molecule has 1 N–H and O–H groups in total. The van der Waals surface area contributed by atoms with Gasteiger partial charge < -0.3 is 5.11 Å². The molecule has 1 nitrogen and oxygen atoms in total. The first-order valence-electron chi connectivity index (χ1n) is 6.76. The van der Waals surface area contributed by atoms with Gasteiger partial charge >= 0.3 is 0 Å². The van der Waals surface area contributed by atoms with Crippen molar-refractivity contribution in [1.29, 1.82) is 0 Å². The van der Waals surface area contributed by atoms with E-state index in [1.807, 2.05) is 6.92 Å². The second-order valence-corrected chi connectivity index (χ2v) is 6.28. The summed E-state index contributed by atoms with van der Waals surface area (Å²) in [4.78, 5) is 0. The molecule has 1 aromatic rings. The number of rotatable bonds is 2. The van der Waals surface area contributed by atoms with Crippen LogP contribution in [0.3, 0.4) is 0 Å². The zero-order valence-corrected chi connectivity index (χ0v) is 11.2. The number of aliphatic hydroxyl groups is 1. The molecule has 0 radical (unpaired) electrons. The lowest BCUT2D eigenvalue weighted by atomic mass is 9.71. The van der Waals surface area contributed by atoms with Gasteiger partial charge in [-0.2, -0.15) is 0 Å². The quantitative estimate of drug-likeness (QED) is 0.800. The number of aliphatic hydroxyl groups excluding tert-OH is 1.